The summed E-state index contributed by atoms with van der Waals surface area (Å²) in [5, 5.41) is 10.5. The van der Waals surface area contributed by atoms with Crippen molar-refractivity contribution in [2.45, 2.75) is 12.8 Å². The molecule has 0 saturated carbocycles. The summed E-state index contributed by atoms with van der Waals surface area (Å²) in [6, 6.07) is 9.20. The summed E-state index contributed by atoms with van der Waals surface area (Å²) in [7, 11) is 0. The first kappa shape index (κ1) is 15.1. The Balaban J connectivity index is 1.73. The van der Waals surface area contributed by atoms with Crippen LogP contribution in [0.1, 0.15) is 23.2 Å². The molecule has 0 atom stereocenters. The number of carbonyl (C=O) groups excluding carboxylic acids is 1. The standard InChI is InChI=1S/C18H15FN2O2S/c19-12-4-6-15(22)13(10-12)17-20-14-5-3-11(9-16(14)24-17)18(23)21-7-1-2-8-21/h3-6,9-10,22H,1-2,7-8H2. The molecule has 3 aromatic rings. The Morgan fingerprint density at radius 2 is 1.96 bits per heavy atom. The van der Waals surface area contributed by atoms with Crippen LogP contribution in [0.4, 0.5) is 4.39 Å². The van der Waals surface area contributed by atoms with Crippen LogP contribution >= 0.6 is 11.3 Å². The van der Waals surface area contributed by atoms with Gasteiger partial charge in [-0.15, -0.1) is 11.3 Å². The summed E-state index contributed by atoms with van der Waals surface area (Å²) < 4.78 is 14.3. The highest BCUT2D eigenvalue weighted by Crippen LogP contribution is 2.36. The number of thiazole rings is 1. The minimum Gasteiger partial charge on any atom is -0.507 e. The predicted octanol–water partition coefficient (Wildman–Crippen LogP) is 4.04. The molecule has 1 N–H and O–H groups in total. The second kappa shape index (κ2) is 5.87. The Kier molecular flexibility index (Phi) is 3.69. The zero-order valence-electron chi connectivity index (χ0n) is 12.8. The van der Waals surface area contributed by atoms with Gasteiger partial charge in [-0.05, 0) is 49.2 Å². The van der Waals surface area contributed by atoms with Crippen molar-refractivity contribution in [3.05, 3.63) is 47.8 Å². The molecule has 0 unspecified atom stereocenters. The highest BCUT2D eigenvalue weighted by Gasteiger charge is 2.20. The molecule has 122 valence electrons. The third kappa shape index (κ3) is 2.63. The quantitative estimate of drug-likeness (QED) is 0.764. The van der Waals surface area contributed by atoms with Crippen molar-refractivity contribution in [3.8, 4) is 16.3 Å². The van der Waals surface area contributed by atoms with Crippen LogP contribution in [0.15, 0.2) is 36.4 Å². The highest BCUT2D eigenvalue weighted by molar-refractivity contribution is 7.21. The second-order valence-electron chi connectivity index (χ2n) is 5.86. The third-order valence-electron chi connectivity index (χ3n) is 4.22. The van der Waals surface area contributed by atoms with Gasteiger partial charge in [0.25, 0.3) is 5.91 Å². The molecule has 6 heteroatoms. The number of aromatic hydroxyl groups is 1. The average Bonchev–Trinajstić information content (AvgIpc) is 3.24. The molecular formula is C18H15FN2O2S. The molecule has 1 aliphatic rings. The number of amides is 1. The van der Waals surface area contributed by atoms with E-state index in [-0.39, 0.29) is 11.7 Å². The maximum absolute atomic E-state index is 13.4. The van der Waals surface area contributed by atoms with Crippen molar-refractivity contribution >= 4 is 27.5 Å². The lowest BCUT2D eigenvalue weighted by atomic mass is 10.2. The summed E-state index contributed by atoms with van der Waals surface area (Å²) >= 11 is 1.34. The van der Waals surface area contributed by atoms with E-state index in [0.717, 1.165) is 36.1 Å². The van der Waals surface area contributed by atoms with Crippen molar-refractivity contribution in [1.29, 1.82) is 0 Å². The first-order chi connectivity index (χ1) is 11.6. The van der Waals surface area contributed by atoms with E-state index in [1.54, 1.807) is 12.1 Å². The van der Waals surface area contributed by atoms with Crippen LogP contribution in [0.3, 0.4) is 0 Å². The van der Waals surface area contributed by atoms with Gasteiger partial charge in [0.05, 0.1) is 15.8 Å². The molecule has 4 rings (SSSR count). The van der Waals surface area contributed by atoms with Crippen LogP contribution in [0, 0.1) is 5.82 Å². The zero-order chi connectivity index (χ0) is 16.7. The van der Waals surface area contributed by atoms with Gasteiger partial charge in [0.15, 0.2) is 0 Å². The van der Waals surface area contributed by atoms with Crippen molar-refractivity contribution in [2.75, 3.05) is 13.1 Å². The Labute approximate surface area is 142 Å². The number of hydrogen-bond donors (Lipinski definition) is 1. The normalized spacial score (nSPS) is 14.5. The maximum atomic E-state index is 13.4. The molecule has 0 aliphatic carbocycles. The number of fused-ring (bicyclic) bond motifs is 1. The summed E-state index contributed by atoms with van der Waals surface area (Å²) in [6.45, 7) is 1.62. The molecule has 1 aliphatic heterocycles. The molecule has 0 radical (unpaired) electrons. The Morgan fingerprint density at radius 3 is 2.75 bits per heavy atom. The molecule has 2 heterocycles. The fourth-order valence-electron chi connectivity index (χ4n) is 2.96. The van der Waals surface area contributed by atoms with Crippen LogP contribution in [0.2, 0.25) is 0 Å². The SMILES string of the molecule is O=C(c1ccc2nc(-c3cc(F)ccc3O)sc2c1)N1CCCC1. The molecule has 24 heavy (non-hydrogen) atoms. The Morgan fingerprint density at radius 1 is 1.17 bits per heavy atom. The van der Waals surface area contributed by atoms with E-state index in [4.69, 9.17) is 0 Å². The lowest BCUT2D eigenvalue weighted by Crippen LogP contribution is -2.27. The largest absolute Gasteiger partial charge is 0.507 e. The Hall–Kier alpha value is -2.47. The summed E-state index contributed by atoms with van der Waals surface area (Å²) in [5.74, 6) is -0.395. The highest BCUT2D eigenvalue weighted by atomic mass is 32.1. The van der Waals surface area contributed by atoms with E-state index < -0.39 is 5.82 Å². The number of benzene rings is 2. The van der Waals surface area contributed by atoms with E-state index in [1.807, 2.05) is 11.0 Å². The van der Waals surface area contributed by atoms with Crippen molar-refractivity contribution in [1.82, 2.24) is 9.88 Å². The molecule has 1 fully saturated rings. The van der Waals surface area contributed by atoms with Gasteiger partial charge in [0, 0.05) is 18.7 Å². The van der Waals surface area contributed by atoms with Gasteiger partial charge in [0.2, 0.25) is 0 Å². The minimum absolute atomic E-state index is 0.0103. The third-order valence-corrected chi connectivity index (χ3v) is 5.27. The van der Waals surface area contributed by atoms with Crippen molar-refractivity contribution in [2.24, 2.45) is 0 Å². The summed E-state index contributed by atoms with van der Waals surface area (Å²) in [4.78, 5) is 18.8. The van der Waals surface area contributed by atoms with Gasteiger partial charge >= 0.3 is 0 Å². The molecular weight excluding hydrogens is 327 g/mol. The summed E-state index contributed by atoms with van der Waals surface area (Å²) in [5.41, 5.74) is 1.74. The molecule has 4 nitrogen and oxygen atoms in total. The van der Waals surface area contributed by atoms with Gasteiger partial charge in [0.1, 0.15) is 16.6 Å². The van der Waals surface area contributed by atoms with Crippen molar-refractivity contribution < 1.29 is 14.3 Å². The maximum Gasteiger partial charge on any atom is 0.253 e. The summed E-state index contributed by atoms with van der Waals surface area (Å²) in [6.07, 6.45) is 2.11. The number of hydrogen-bond acceptors (Lipinski definition) is 4. The van der Waals surface area contributed by atoms with Gasteiger partial charge in [-0.2, -0.15) is 0 Å². The van der Waals surface area contributed by atoms with Gasteiger partial charge in [-0.1, -0.05) is 0 Å². The van der Waals surface area contributed by atoms with Crippen molar-refractivity contribution in [3.63, 3.8) is 0 Å². The number of phenols is 1. The number of halogens is 1. The predicted molar refractivity (Wildman–Crippen MR) is 91.8 cm³/mol. The van der Waals surface area contributed by atoms with E-state index in [2.05, 4.69) is 4.98 Å². The molecule has 0 bridgehead atoms. The topological polar surface area (TPSA) is 53.4 Å². The lowest BCUT2D eigenvalue weighted by Gasteiger charge is -2.14. The average molecular weight is 342 g/mol. The zero-order valence-corrected chi connectivity index (χ0v) is 13.6. The monoisotopic (exact) mass is 342 g/mol. The molecule has 1 amide bonds. The first-order valence-corrected chi connectivity index (χ1v) is 8.62. The van der Waals surface area contributed by atoms with Crippen LogP contribution in [0.5, 0.6) is 5.75 Å². The van der Waals surface area contributed by atoms with E-state index in [0.29, 0.717) is 16.1 Å². The molecule has 1 saturated heterocycles. The van der Waals surface area contributed by atoms with E-state index in [1.165, 1.54) is 29.5 Å². The number of likely N-dealkylation sites (tertiary alicyclic amines) is 1. The fourth-order valence-corrected chi connectivity index (χ4v) is 3.99. The van der Waals surface area contributed by atoms with Crippen LogP contribution in [0.25, 0.3) is 20.8 Å². The molecule has 1 aromatic heterocycles. The number of rotatable bonds is 2. The van der Waals surface area contributed by atoms with E-state index in [9.17, 15) is 14.3 Å². The lowest BCUT2D eigenvalue weighted by molar-refractivity contribution is 0.0793. The smallest absolute Gasteiger partial charge is 0.253 e. The number of phenolic OH excluding ortho intramolecular Hbond substituents is 1. The van der Waals surface area contributed by atoms with Crippen LogP contribution < -0.4 is 0 Å². The number of carbonyl (C=O) groups is 1. The van der Waals surface area contributed by atoms with Crippen LogP contribution in [-0.4, -0.2) is 34.0 Å². The first-order valence-electron chi connectivity index (χ1n) is 7.80. The van der Waals surface area contributed by atoms with Gasteiger partial charge in [-0.25, -0.2) is 9.37 Å². The second-order valence-corrected chi connectivity index (χ2v) is 6.89. The van der Waals surface area contributed by atoms with Gasteiger partial charge in [-0.3, -0.25) is 4.79 Å². The Bertz CT molecular complexity index is 932. The molecule has 0 spiro atoms. The van der Waals surface area contributed by atoms with Gasteiger partial charge < -0.3 is 10.0 Å². The van der Waals surface area contributed by atoms with Crippen LogP contribution in [-0.2, 0) is 0 Å². The number of aromatic nitrogens is 1. The fraction of sp³-hybridized carbons (Fsp3) is 0.222. The number of nitrogens with zero attached hydrogens (tertiary/aromatic N) is 2. The van der Waals surface area contributed by atoms with E-state index >= 15 is 0 Å². The minimum atomic E-state index is -0.424. The molecule has 2 aromatic carbocycles.